The number of hydrogen-bond acceptors (Lipinski definition) is 3. The van der Waals surface area contributed by atoms with E-state index in [1.165, 1.54) is 0 Å². The molecular weight excluding hydrogens is 164 g/mol. The average molecular weight is 176 g/mol. The number of hydrogen-bond donors (Lipinski definition) is 1. The highest BCUT2D eigenvalue weighted by Crippen LogP contribution is 2.12. The third-order valence-corrected chi connectivity index (χ3v) is 2.07. The minimum Gasteiger partial charge on any atom is -0.323 e. The molecule has 2 heterocycles. The van der Waals surface area contributed by atoms with E-state index < -0.39 is 0 Å². The molecule has 0 fully saturated rings. The fraction of sp³-hybridized carbons (Fsp3) is 0.333. The molecule has 2 aromatic rings. The Bertz CT molecular complexity index is 374. The Hall–Kier alpha value is -1.42. The van der Waals surface area contributed by atoms with E-state index in [0.29, 0.717) is 5.78 Å². The summed E-state index contributed by atoms with van der Waals surface area (Å²) in [6.07, 6.45) is 6.46. The van der Waals surface area contributed by atoms with Gasteiger partial charge in [-0.25, -0.2) is 9.97 Å². The molecule has 0 saturated heterocycles. The van der Waals surface area contributed by atoms with Crippen LogP contribution in [-0.4, -0.2) is 14.4 Å². The highest BCUT2D eigenvalue weighted by Gasteiger charge is 2.07. The van der Waals surface area contributed by atoms with Crippen molar-refractivity contribution in [1.82, 2.24) is 14.4 Å². The van der Waals surface area contributed by atoms with E-state index in [9.17, 15) is 0 Å². The zero-order chi connectivity index (χ0) is 9.26. The zero-order valence-electron chi connectivity index (χ0n) is 7.51. The molecule has 0 aliphatic rings. The molecule has 2 N–H and O–H groups in total. The lowest BCUT2D eigenvalue weighted by Crippen LogP contribution is -2.08. The molecule has 0 spiro atoms. The van der Waals surface area contributed by atoms with Gasteiger partial charge in [0, 0.05) is 24.6 Å². The summed E-state index contributed by atoms with van der Waals surface area (Å²) in [6.45, 7) is 2.04. The van der Waals surface area contributed by atoms with Gasteiger partial charge in [0.2, 0.25) is 5.78 Å². The van der Waals surface area contributed by atoms with Gasteiger partial charge in [0.1, 0.15) is 0 Å². The van der Waals surface area contributed by atoms with Crippen LogP contribution in [0.15, 0.2) is 24.7 Å². The molecule has 0 bridgehead atoms. The lowest BCUT2D eigenvalue weighted by atomic mass is 10.2. The predicted octanol–water partition coefficient (Wildman–Crippen LogP) is 1.14. The summed E-state index contributed by atoms with van der Waals surface area (Å²) in [5, 5.41) is 0. The monoisotopic (exact) mass is 176 g/mol. The van der Waals surface area contributed by atoms with Crippen molar-refractivity contribution >= 4 is 5.78 Å². The van der Waals surface area contributed by atoms with Crippen molar-refractivity contribution in [3.63, 3.8) is 0 Å². The number of nitrogens with two attached hydrogens (primary N) is 1. The molecule has 0 saturated carbocycles. The van der Waals surface area contributed by atoms with Crippen LogP contribution in [0.5, 0.6) is 0 Å². The molecule has 4 heteroatoms. The molecule has 4 nitrogen and oxygen atoms in total. The fourth-order valence-corrected chi connectivity index (χ4v) is 1.24. The number of nitrogens with zero attached hydrogens (tertiary/aromatic N) is 3. The molecular formula is C9H12N4. The highest BCUT2D eigenvalue weighted by atomic mass is 15.1. The van der Waals surface area contributed by atoms with Gasteiger partial charge in [-0.3, -0.25) is 4.40 Å². The second kappa shape index (κ2) is 3.14. The van der Waals surface area contributed by atoms with E-state index in [-0.39, 0.29) is 6.04 Å². The Morgan fingerprint density at radius 2 is 2.46 bits per heavy atom. The van der Waals surface area contributed by atoms with Crippen LogP contribution in [-0.2, 0) is 0 Å². The third-order valence-electron chi connectivity index (χ3n) is 2.07. The first-order chi connectivity index (χ1) is 6.31. The van der Waals surface area contributed by atoms with Crippen molar-refractivity contribution in [2.75, 3.05) is 0 Å². The Labute approximate surface area is 76.4 Å². The Kier molecular flexibility index (Phi) is 1.98. The second-order valence-electron chi connectivity index (χ2n) is 3.01. The summed E-state index contributed by atoms with van der Waals surface area (Å²) in [5.74, 6) is 0.710. The van der Waals surface area contributed by atoms with Gasteiger partial charge in [-0.1, -0.05) is 6.92 Å². The molecule has 2 rings (SSSR count). The normalized spacial score (nSPS) is 13.4. The summed E-state index contributed by atoms with van der Waals surface area (Å²) in [5.41, 5.74) is 6.76. The van der Waals surface area contributed by atoms with Crippen molar-refractivity contribution < 1.29 is 0 Å². The number of fused-ring (bicyclic) bond motifs is 1. The Morgan fingerprint density at radius 3 is 3.15 bits per heavy atom. The van der Waals surface area contributed by atoms with Crippen molar-refractivity contribution in [2.24, 2.45) is 5.73 Å². The summed E-state index contributed by atoms with van der Waals surface area (Å²) < 4.78 is 1.88. The lowest BCUT2D eigenvalue weighted by Gasteiger charge is -2.01. The van der Waals surface area contributed by atoms with E-state index in [1.54, 1.807) is 6.20 Å². The molecule has 1 atom stereocenters. The van der Waals surface area contributed by atoms with E-state index in [4.69, 9.17) is 5.73 Å². The van der Waals surface area contributed by atoms with Crippen LogP contribution in [0.25, 0.3) is 5.78 Å². The summed E-state index contributed by atoms with van der Waals surface area (Å²) >= 11 is 0. The quantitative estimate of drug-likeness (QED) is 0.746. The number of aromatic nitrogens is 3. The maximum absolute atomic E-state index is 5.85. The van der Waals surface area contributed by atoms with Gasteiger partial charge in [-0.2, -0.15) is 0 Å². The van der Waals surface area contributed by atoms with Crippen LogP contribution in [0.2, 0.25) is 0 Å². The summed E-state index contributed by atoms with van der Waals surface area (Å²) in [4.78, 5) is 8.43. The van der Waals surface area contributed by atoms with Crippen LogP contribution >= 0.6 is 0 Å². The van der Waals surface area contributed by atoms with E-state index >= 15 is 0 Å². The predicted molar refractivity (Wildman–Crippen MR) is 50.2 cm³/mol. The lowest BCUT2D eigenvalue weighted by molar-refractivity contribution is 0.680. The topological polar surface area (TPSA) is 56.2 Å². The zero-order valence-corrected chi connectivity index (χ0v) is 7.51. The first-order valence-electron chi connectivity index (χ1n) is 4.36. The minimum atomic E-state index is 0.0155. The first kappa shape index (κ1) is 8.19. The van der Waals surface area contributed by atoms with E-state index in [1.807, 2.05) is 29.8 Å². The Balaban J connectivity index is 2.49. The van der Waals surface area contributed by atoms with Gasteiger partial charge in [0.15, 0.2) is 0 Å². The largest absolute Gasteiger partial charge is 0.323 e. The van der Waals surface area contributed by atoms with Crippen LogP contribution < -0.4 is 5.73 Å². The summed E-state index contributed by atoms with van der Waals surface area (Å²) in [7, 11) is 0. The van der Waals surface area contributed by atoms with Gasteiger partial charge in [-0.05, 0) is 12.5 Å². The molecule has 0 unspecified atom stereocenters. The smallest absolute Gasteiger partial charge is 0.233 e. The van der Waals surface area contributed by atoms with Crippen molar-refractivity contribution in [3.05, 3.63) is 30.4 Å². The molecule has 0 aliphatic heterocycles. The molecule has 0 amide bonds. The van der Waals surface area contributed by atoms with Gasteiger partial charge < -0.3 is 5.73 Å². The number of rotatable bonds is 2. The minimum absolute atomic E-state index is 0.0155. The Morgan fingerprint density at radius 1 is 1.62 bits per heavy atom. The first-order valence-corrected chi connectivity index (χ1v) is 4.36. The maximum atomic E-state index is 5.85. The fourth-order valence-electron chi connectivity index (χ4n) is 1.24. The average Bonchev–Trinajstić information content (AvgIpc) is 2.59. The molecule has 13 heavy (non-hydrogen) atoms. The van der Waals surface area contributed by atoms with Crippen LogP contribution in [0, 0.1) is 0 Å². The molecule has 0 aliphatic carbocycles. The third kappa shape index (κ3) is 1.40. The number of imidazole rings is 1. The van der Waals surface area contributed by atoms with Crippen LogP contribution in [0.4, 0.5) is 0 Å². The van der Waals surface area contributed by atoms with Crippen molar-refractivity contribution in [3.8, 4) is 0 Å². The molecule has 68 valence electrons. The van der Waals surface area contributed by atoms with Gasteiger partial charge in [0.25, 0.3) is 0 Å². The van der Waals surface area contributed by atoms with E-state index in [2.05, 4.69) is 9.97 Å². The van der Waals surface area contributed by atoms with Gasteiger partial charge in [0.05, 0.1) is 5.69 Å². The standard InChI is InChI=1S/C9H12N4/c1-2-7(10)8-6-13-5-3-4-11-9(13)12-8/h3-7H,2,10H2,1H3/t7-/m0/s1. The van der Waals surface area contributed by atoms with Crippen LogP contribution in [0.3, 0.4) is 0 Å². The van der Waals surface area contributed by atoms with Crippen LogP contribution in [0.1, 0.15) is 25.1 Å². The van der Waals surface area contributed by atoms with E-state index in [0.717, 1.165) is 12.1 Å². The van der Waals surface area contributed by atoms with Gasteiger partial charge in [-0.15, -0.1) is 0 Å². The summed E-state index contributed by atoms with van der Waals surface area (Å²) in [6, 6.07) is 1.89. The highest BCUT2D eigenvalue weighted by molar-refractivity contribution is 5.30. The van der Waals surface area contributed by atoms with Crippen molar-refractivity contribution in [2.45, 2.75) is 19.4 Å². The van der Waals surface area contributed by atoms with Crippen molar-refractivity contribution in [1.29, 1.82) is 0 Å². The molecule has 0 aromatic carbocycles. The van der Waals surface area contributed by atoms with Gasteiger partial charge >= 0.3 is 0 Å². The SMILES string of the molecule is CC[C@H](N)c1cn2cccnc2n1. The second-order valence-corrected chi connectivity index (χ2v) is 3.01. The maximum Gasteiger partial charge on any atom is 0.233 e. The molecule has 0 radical (unpaired) electrons. The molecule has 2 aromatic heterocycles.